The van der Waals surface area contributed by atoms with Crippen LogP contribution in [0.3, 0.4) is 0 Å². The summed E-state index contributed by atoms with van der Waals surface area (Å²) in [5, 5.41) is 6.49. The predicted octanol–water partition coefficient (Wildman–Crippen LogP) is 4.21. The van der Waals surface area contributed by atoms with Crippen molar-refractivity contribution in [3.8, 4) is 11.4 Å². The average molecular weight is 431 g/mol. The maximum Gasteiger partial charge on any atom is 0.471 e. The monoisotopic (exact) mass is 430 g/mol. The smallest absolute Gasteiger partial charge is 0.344 e. The third-order valence-corrected chi connectivity index (χ3v) is 5.62. The van der Waals surface area contributed by atoms with Crippen molar-refractivity contribution in [3.63, 3.8) is 0 Å². The largest absolute Gasteiger partial charge is 0.471 e. The predicted molar refractivity (Wildman–Crippen MR) is 102 cm³/mol. The number of nitrogens with zero attached hydrogens (tertiary/aromatic N) is 2. The summed E-state index contributed by atoms with van der Waals surface area (Å²) in [6.45, 7) is 4.07. The van der Waals surface area contributed by atoms with Gasteiger partial charge in [-0.05, 0) is 48.8 Å². The number of halogens is 4. The number of hydrogen-bond donors (Lipinski definition) is 2. The number of aromatic amines is 1. The van der Waals surface area contributed by atoms with Crippen LogP contribution in [0.25, 0.3) is 11.4 Å². The first kappa shape index (κ1) is 21.4. The molecule has 1 amide bonds. The Morgan fingerprint density at radius 3 is 2.62 bits per heavy atom. The highest BCUT2D eigenvalue weighted by Crippen LogP contribution is 2.39. The van der Waals surface area contributed by atoms with Crippen LogP contribution in [-0.2, 0) is 11.3 Å². The number of alkyl halides is 3. The zero-order valence-electron chi connectivity index (χ0n) is 16.1. The zero-order chi connectivity index (χ0) is 21.4. The summed E-state index contributed by atoms with van der Waals surface area (Å²) < 4.78 is 38.5. The van der Waals surface area contributed by atoms with Crippen LogP contribution in [0.15, 0.2) is 23.0 Å². The Labute approximate surface area is 170 Å². The molecule has 158 valence electrons. The molecule has 0 radical (unpaired) electrons. The molecule has 1 aliphatic rings. The van der Waals surface area contributed by atoms with E-state index < -0.39 is 12.1 Å². The lowest BCUT2D eigenvalue weighted by atomic mass is 9.76. The third kappa shape index (κ3) is 5.01. The fourth-order valence-electron chi connectivity index (χ4n) is 3.48. The molecule has 29 heavy (non-hydrogen) atoms. The van der Waals surface area contributed by atoms with Crippen molar-refractivity contribution in [1.29, 1.82) is 0 Å². The van der Waals surface area contributed by atoms with E-state index in [1.165, 1.54) is 22.9 Å². The van der Waals surface area contributed by atoms with Gasteiger partial charge in [0, 0.05) is 12.1 Å². The van der Waals surface area contributed by atoms with Gasteiger partial charge >= 0.3 is 17.8 Å². The molecule has 0 unspecified atom stereocenters. The lowest BCUT2D eigenvalue weighted by Gasteiger charge is -2.33. The van der Waals surface area contributed by atoms with Crippen LogP contribution in [0, 0.1) is 5.41 Å². The van der Waals surface area contributed by atoms with Gasteiger partial charge in [-0.25, -0.2) is 9.48 Å². The summed E-state index contributed by atoms with van der Waals surface area (Å²) >= 11 is 6.21. The van der Waals surface area contributed by atoms with E-state index in [1.54, 1.807) is 0 Å². The molecule has 0 spiro atoms. The Morgan fingerprint density at radius 2 is 2.00 bits per heavy atom. The second-order valence-corrected chi connectivity index (χ2v) is 8.52. The van der Waals surface area contributed by atoms with Crippen LogP contribution >= 0.6 is 11.6 Å². The number of H-pyrrole nitrogens is 1. The van der Waals surface area contributed by atoms with Crippen molar-refractivity contribution in [2.75, 3.05) is 0 Å². The molecule has 1 fully saturated rings. The van der Waals surface area contributed by atoms with Gasteiger partial charge in [0.15, 0.2) is 5.82 Å². The van der Waals surface area contributed by atoms with E-state index >= 15 is 0 Å². The van der Waals surface area contributed by atoms with E-state index in [4.69, 9.17) is 11.6 Å². The van der Waals surface area contributed by atoms with Crippen molar-refractivity contribution in [3.05, 3.63) is 39.3 Å². The minimum Gasteiger partial charge on any atom is -0.344 e. The fourth-order valence-corrected chi connectivity index (χ4v) is 3.69. The molecule has 0 bridgehead atoms. The molecule has 0 aliphatic heterocycles. The van der Waals surface area contributed by atoms with E-state index in [2.05, 4.69) is 23.9 Å². The minimum absolute atomic E-state index is 0.00597. The van der Waals surface area contributed by atoms with Gasteiger partial charge in [0.05, 0.1) is 11.1 Å². The summed E-state index contributed by atoms with van der Waals surface area (Å²) in [4.78, 5) is 26.1. The first-order valence-corrected chi connectivity index (χ1v) is 9.67. The van der Waals surface area contributed by atoms with E-state index in [0.717, 1.165) is 25.7 Å². The zero-order valence-corrected chi connectivity index (χ0v) is 16.8. The number of rotatable bonds is 4. The molecule has 10 heteroatoms. The Morgan fingerprint density at radius 1 is 1.34 bits per heavy atom. The summed E-state index contributed by atoms with van der Waals surface area (Å²) in [6.07, 6.45) is -1.29. The van der Waals surface area contributed by atoms with Crippen LogP contribution in [0.5, 0.6) is 0 Å². The lowest BCUT2D eigenvalue weighted by molar-refractivity contribution is -0.173. The number of aromatic nitrogens is 3. The summed E-state index contributed by atoms with van der Waals surface area (Å²) in [6, 6.07) is 4.49. The molecular formula is C19H22ClF3N4O2. The highest BCUT2D eigenvalue weighted by molar-refractivity contribution is 6.33. The Kier molecular flexibility index (Phi) is 5.80. The van der Waals surface area contributed by atoms with E-state index in [1.807, 2.05) is 5.32 Å². The Hall–Kier alpha value is -2.29. The molecule has 1 aliphatic carbocycles. The molecule has 3 rings (SSSR count). The lowest BCUT2D eigenvalue weighted by Crippen LogP contribution is -2.36. The van der Waals surface area contributed by atoms with Gasteiger partial charge in [-0.15, -0.1) is 5.10 Å². The van der Waals surface area contributed by atoms with Crippen molar-refractivity contribution in [2.24, 2.45) is 5.41 Å². The first-order valence-electron chi connectivity index (χ1n) is 9.29. The van der Waals surface area contributed by atoms with Gasteiger partial charge in [0.2, 0.25) is 0 Å². The molecule has 0 atom stereocenters. The molecular weight excluding hydrogens is 409 g/mol. The maximum atomic E-state index is 12.4. The molecule has 2 N–H and O–H groups in total. The highest BCUT2D eigenvalue weighted by Gasteiger charge is 2.38. The molecule has 0 saturated heterocycles. The SMILES string of the molecule is CC1(C)CCC(n2nc(-c3cc(CNC(=O)C(F)(F)F)ccc3Cl)[nH]c2=O)CC1. The van der Waals surface area contributed by atoms with Crippen molar-refractivity contribution in [1.82, 2.24) is 20.1 Å². The number of amides is 1. The van der Waals surface area contributed by atoms with Gasteiger partial charge in [0.1, 0.15) is 0 Å². The molecule has 2 aromatic rings. The number of carbonyl (C=O) groups excluding carboxylic acids is 1. The molecule has 1 saturated carbocycles. The van der Waals surface area contributed by atoms with E-state index in [0.29, 0.717) is 16.1 Å². The molecule has 1 heterocycles. The summed E-state index contributed by atoms with van der Waals surface area (Å²) in [5.41, 5.74) is 0.684. The van der Waals surface area contributed by atoms with Crippen molar-refractivity contribution < 1.29 is 18.0 Å². The fraction of sp³-hybridized carbons (Fsp3) is 0.526. The maximum absolute atomic E-state index is 12.4. The highest BCUT2D eigenvalue weighted by atomic mass is 35.5. The van der Waals surface area contributed by atoms with Crippen molar-refractivity contribution >= 4 is 17.5 Å². The quantitative estimate of drug-likeness (QED) is 0.762. The minimum atomic E-state index is -4.95. The van der Waals surface area contributed by atoms with E-state index in [-0.39, 0.29) is 29.5 Å². The van der Waals surface area contributed by atoms with Gasteiger partial charge in [-0.1, -0.05) is 31.5 Å². The topological polar surface area (TPSA) is 79.8 Å². The van der Waals surface area contributed by atoms with Crippen LogP contribution in [0.1, 0.15) is 51.1 Å². The van der Waals surface area contributed by atoms with Gasteiger partial charge in [-0.3, -0.25) is 9.78 Å². The second kappa shape index (κ2) is 7.85. The molecule has 1 aromatic carbocycles. The molecule has 1 aromatic heterocycles. The summed E-state index contributed by atoms with van der Waals surface area (Å²) in [7, 11) is 0. The number of benzene rings is 1. The van der Waals surface area contributed by atoms with Gasteiger partial charge < -0.3 is 5.32 Å². The third-order valence-electron chi connectivity index (χ3n) is 5.29. The number of carbonyl (C=O) groups is 1. The van der Waals surface area contributed by atoms with Crippen molar-refractivity contribution in [2.45, 2.75) is 58.3 Å². The van der Waals surface area contributed by atoms with Crippen LogP contribution in [0.4, 0.5) is 13.2 Å². The average Bonchev–Trinajstić information content (AvgIpc) is 3.01. The molecule has 6 nitrogen and oxygen atoms in total. The Bertz CT molecular complexity index is 955. The standard InChI is InChI=1S/C19H22ClF3N4O2/c1-18(2)7-5-12(6-8-18)27-17(29)25-15(26-27)13-9-11(3-4-14(13)20)10-24-16(28)19(21,22)23/h3-4,9,12H,5-8,10H2,1-2H3,(H,24,28)(H,25,26,29). The van der Waals surface area contributed by atoms with E-state index in [9.17, 15) is 22.8 Å². The summed E-state index contributed by atoms with van der Waals surface area (Å²) in [5.74, 6) is -1.78. The van der Waals surface area contributed by atoms with Crippen LogP contribution in [-0.4, -0.2) is 26.8 Å². The van der Waals surface area contributed by atoms with Crippen LogP contribution < -0.4 is 11.0 Å². The van der Waals surface area contributed by atoms with Gasteiger partial charge in [0.25, 0.3) is 0 Å². The second-order valence-electron chi connectivity index (χ2n) is 8.11. The van der Waals surface area contributed by atoms with Gasteiger partial charge in [-0.2, -0.15) is 13.2 Å². The number of nitrogens with one attached hydrogen (secondary N) is 2. The first-order chi connectivity index (χ1) is 13.5. The normalized spacial score (nSPS) is 17.3. The Balaban J connectivity index is 1.80. The number of hydrogen-bond acceptors (Lipinski definition) is 3. The van der Waals surface area contributed by atoms with Crippen LogP contribution in [0.2, 0.25) is 5.02 Å².